The van der Waals surface area contributed by atoms with E-state index in [0.717, 1.165) is 22.3 Å². The Labute approximate surface area is 398 Å². The molecule has 66 heavy (non-hydrogen) atoms. The molecule has 340 valence electrons. The normalized spacial score (nSPS) is 11.4. The van der Waals surface area contributed by atoms with E-state index in [-0.39, 0.29) is 9.79 Å². The van der Waals surface area contributed by atoms with E-state index < -0.39 is 39.3 Å². The third-order valence-electron chi connectivity index (χ3n) is 9.73. The fraction of sp³-hybridized carbons (Fsp3) is 0.0769. The van der Waals surface area contributed by atoms with E-state index >= 15 is 0 Å². The van der Waals surface area contributed by atoms with Crippen LogP contribution in [0.4, 0.5) is 0 Å². The second kappa shape index (κ2) is 22.6. The lowest BCUT2D eigenvalue weighted by atomic mass is 10.2. The highest BCUT2D eigenvalue weighted by Crippen LogP contribution is 2.26. The van der Waals surface area contributed by atoms with Crippen LogP contribution in [0.5, 0.6) is 0 Å². The van der Waals surface area contributed by atoms with E-state index in [0.29, 0.717) is 39.4 Å². The van der Waals surface area contributed by atoms with Crippen molar-refractivity contribution in [2.24, 2.45) is 0 Å². The predicted octanol–water partition coefficient (Wildman–Crippen LogP) is 12.6. The van der Waals surface area contributed by atoms with Crippen molar-refractivity contribution in [3.05, 3.63) is 239 Å². The van der Waals surface area contributed by atoms with Crippen LogP contribution in [-0.4, -0.2) is 33.7 Å². The summed E-state index contributed by atoms with van der Waals surface area (Å²) in [4.78, 5) is 2.49. The lowest BCUT2D eigenvalue weighted by Crippen LogP contribution is -2.03. The Kier molecular flexibility index (Phi) is 17.5. The summed E-state index contributed by atoms with van der Waals surface area (Å²) in [7, 11) is -13.6. The van der Waals surface area contributed by atoms with Crippen LogP contribution in [0.1, 0.15) is 22.3 Å². The molecule has 8 rings (SSSR count). The van der Waals surface area contributed by atoms with Crippen LogP contribution in [0.2, 0.25) is 10.0 Å². The molecule has 14 heteroatoms. The molecule has 0 unspecified atom stereocenters. The molecule has 0 radical (unpaired) electrons. The van der Waals surface area contributed by atoms with Gasteiger partial charge in [0.05, 0.1) is 39.2 Å². The summed E-state index contributed by atoms with van der Waals surface area (Å²) in [6.07, 6.45) is 0. The van der Waals surface area contributed by atoms with Crippen molar-refractivity contribution < 1.29 is 33.7 Å². The lowest BCUT2D eigenvalue weighted by molar-refractivity contribution is 0.594. The summed E-state index contributed by atoms with van der Waals surface area (Å²) in [5.41, 5.74) is 3.92. The molecule has 0 saturated carbocycles. The zero-order valence-corrected chi connectivity index (χ0v) is 41.1. The van der Waals surface area contributed by atoms with Gasteiger partial charge in [-0.2, -0.15) is 0 Å². The first-order chi connectivity index (χ1) is 31.2. The fourth-order valence-electron chi connectivity index (χ4n) is 5.97. The van der Waals surface area contributed by atoms with E-state index in [2.05, 4.69) is 0 Å². The summed E-state index contributed by atoms with van der Waals surface area (Å²) < 4.78 is 97.7. The molecule has 0 bridgehead atoms. The number of aryl methyl sites for hydroxylation is 4. The molecule has 0 atom stereocenters. The largest absolute Gasteiger partial charge is 0.219 e. The van der Waals surface area contributed by atoms with Crippen molar-refractivity contribution in [2.75, 3.05) is 0 Å². The zero-order valence-electron chi connectivity index (χ0n) is 36.3. The number of benzene rings is 8. The van der Waals surface area contributed by atoms with Gasteiger partial charge in [-0.15, -0.1) is 0 Å². The topological polar surface area (TPSA) is 137 Å². The standard InChI is InChI=1S/C14H14O2S.2C13H12O2S.C12H8Cl2O2S/c1-11-3-7-13(8-4-11)17(15,16)14-9-5-12(2)6-10-14;1-11-7-5-6-10-13(11)16(14,15)12-8-3-2-4-9-12;1-11-7-9-13(10-8-11)16(14,15)12-5-3-2-4-6-12;13-9-1-5-11(6-2-9)17(15,16)12-7-3-10(14)4-8-12/h3-10H,1-2H3;2*2-10H,1H3;1-8H. The highest BCUT2D eigenvalue weighted by molar-refractivity contribution is 7.92. The Hall–Kier alpha value is -5.86. The Morgan fingerprint density at radius 3 is 0.773 bits per heavy atom. The lowest BCUT2D eigenvalue weighted by Gasteiger charge is -2.06. The molecular weight excluding hydrogens is 952 g/mol. The summed E-state index contributed by atoms with van der Waals surface area (Å²) in [5, 5.41) is 1.00. The first-order valence-corrected chi connectivity index (χ1v) is 26.8. The fourth-order valence-corrected chi connectivity index (χ4v) is 11.5. The van der Waals surface area contributed by atoms with Gasteiger partial charge in [-0.25, -0.2) is 33.7 Å². The third-order valence-corrected chi connectivity index (χ3v) is 17.5. The number of halogens is 2. The second-order valence-corrected chi connectivity index (χ2v) is 23.4. The molecule has 0 amide bonds. The highest BCUT2D eigenvalue weighted by atomic mass is 35.5. The van der Waals surface area contributed by atoms with Gasteiger partial charge < -0.3 is 0 Å². The molecule has 0 aliphatic carbocycles. The Morgan fingerprint density at radius 1 is 0.258 bits per heavy atom. The quantitative estimate of drug-likeness (QED) is 0.147. The molecule has 0 spiro atoms. The monoisotopic (exact) mass is 996 g/mol. The van der Waals surface area contributed by atoms with E-state index in [9.17, 15) is 33.7 Å². The van der Waals surface area contributed by atoms with Gasteiger partial charge in [0, 0.05) is 10.0 Å². The smallest absolute Gasteiger partial charge is 0.206 e. The molecular formula is C52H46Cl2O8S4. The number of rotatable bonds is 8. The SMILES string of the molecule is Cc1ccc(S(=O)(=O)c2ccc(C)cc2)cc1.Cc1ccc(S(=O)(=O)c2ccccc2)cc1.Cc1ccccc1S(=O)(=O)c1ccccc1.O=S(=O)(c1ccc(Cl)cc1)c1ccc(Cl)cc1. The zero-order chi connectivity index (χ0) is 48.1. The molecule has 8 aromatic rings. The van der Waals surface area contributed by atoms with Crippen LogP contribution in [0, 0.1) is 27.7 Å². The Bertz CT molecular complexity index is 3080. The maximum Gasteiger partial charge on any atom is 0.206 e. The molecule has 0 aliphatic rings. The minimum absolute atomic E-state index is 0.212. The van der Waals surface area contributed by atoms with Gasteiger partial charge in [0.1, 0.15) is 0 Å². The van der Waals surface area contributed by atoms with Gasteiger partial charge in [0.15, 0.2) is 0 Å². The van der Waals surface area contributed by atoms with Gasteiger partial charge in [0.2, 0.25) is 39.3 Å². The van der Waals surface area contributed by atoms with Gasteiger partial charge in [0.25, 0.3) is 0 Å². The molecule has 0 fully saturated rings. The Morgan fingerprint density at radius 2 is 0.485 bits per heavy atom. The van der Waals surface area contributed by atoms with Crippen molar-refractivity contribution in [1.82, 2.24) is 0 Å². The second-order valence-electron chi connectivity index (χ2n) is 14.8. The third kappa shape index (κ3) is 13.4. The molecule has 8 nitrogen and oxygen atoms in total. The van der Waals surface area contributed by atoms with Crippen LogP contribution in [0.25, 0.3) is 0 Å². The first-order valence-electron chi connectivity index (χ1n) is 20.1. The van der Waals surface area contributed by atoms with Crippen LogP contribution in [0.15, 0.2) is 245 Å². The van der Waals surface area contributed by atoms with Crippen molar-refractivity contribution in [3.8, 4) is 0 Å². The van der Waals surface area contributed by atoms with Crippen LogP contribution in [0.3, 0.4) is 0 Å². The summed E-state index contributed by atoms with van der Waals surface area (Å²) in [6.45, 7) is 7.60. The van der Waals surface area contributed by atoms with E-state index in [4.69, 9.17) is 23.2 Å². The molecule has 0 aliphatic heterocycles. The Balaban J connectivity index is 0.000000165. The van der Waals surface area contributed by atoms with E-state index in [1.807, 2.05) is 26.8 Å². The summed E-state index contributed by atoms with van der Waals surface area (Å²) in [6, 6.07) is 56.7. The number of sulfone groups is 4. The molecule has 8 aromatic carbocycles. The van der Waals surface area contributed by atoms with Crippen molar-refractivity contribution >= 4 is 62.6 Å². The number of hydrogen-bond acceptors (Lipinski definition) is 8. The van der Waals surface area contributed by atoms with Gasteiger partial charge in [-0.05, 0) is 149 Å². The summed E-state index contributed by atoms with van der Waals surface area (Å²) in [5.74, 6) is 0. The molecule has 0 aromatic heterocycles. The van der Waals surface area contributed by atoms with Crippen molar-refractivity contribution in [3.63, 3.8) is 0 Å². The van der Waals surface area contributed by atoms with Crippen LogP contribution >= 0.6 is 23.2 Å². The van der Waals surface area contributed by atoms with E-state index in [1.165, 1.54) is 24.3 Å². The average molecular weight is 998 g/mol. The highest BCUT2D eigenvalue weighted by Gasteiger charge is 2.20. The number of hydrogen-bond donors (Lipinski definition) is 0. The van der Waals surface area contributed by atoms with Crippen molar-refractivity contribution in [2.45, 2.75) is 66.9 Å². The molecule has 0 saturated heterocycles. The predicted molar refractivity (Wildman–Crippen MR) is 262 cm³/mol. The first kappa shape index (κ1) is 51.1. The average Bonchev–Trinajstić information content (AvgIpc) is 3.31. The molecule has 0 N–H and O–H groups in total. The minimum atomic E-state index is -3.49. The van der Waals surface area contributed by atoms with E-state index in [1.54, 1.807) is 183 Å². The van der Waals surface area contributed by atoms with Gasteiger partial charge >= 0.3 is 0 Å². The van der Waals surface area contributed by atoms with Crippen LogP contribution < -0.4 is 0 Å². The maximum absolute atomic E-state index is 12.3. The van der Waals surface area contributed by atoms with Crippen LogP contribution in [-0.2, 0) is 39.3 Å². The molecule has 0 heterocycles. The summed E-state index contributed by atoms with van der Waals surface area (Å²) >= 11 is 11.4. The van der Waals surface area contributed by atoms with Gasteiger partial charge in [-0.3, -0.25) is 0 Å². The maximum atomic E-state index is 12.3. The minimum Gasteiger partial charge on any atom is -0.219 e. The van der Waals surface area contributed by atoms with Crippen molar-refractivity contribution in [1.29, 1.82) is 0 Å². The van der Waals surface area contributed by atoms with Gasteiger partial charge in [-0.1, -0.05) is 131 Å².